The Bertz CT molecular complexity index is 1060. The minimum absolute atomic E-state index is 0.0258. The molecule has 0 unspecified atom stereocenters. The van der Waals surface area contributed by atoms with Crippen LogP contribution >= 0.6 is 0 Å². The van der Waals surface area contributed by atoms with Gasteiger partial charge in [0.25, 0.3) is 5.69 Å². The van der Waals surface area contributed by atoms with E-state index in [2.05, 4.69) is 15.1 Å². The van der Waals surface area contributed by atoms with Crippen molar-refractivity contribution in [2.45, 2.75) is 12.7 Å². The molecule has 3 aromatic rings. The lowest BCUT2D eigenvalue weighted by Gasteiger charge is -2.35. The predicted molar refractivity (Wildman–Crippen MR) is 105 cm³/mol. The summed E-state index contributed by atoms with van der Waals surface area (Å²) < 4.78 is 44.5. The van der Waals surface area contributed by atoms with Gasteiger partial charge in [-0.05, 0) is 30.3 Å². The molecule has 31 heavy (non-hydrogen) atoms. The highest BCUT2D eigenvalue weighted by atomic mass is 19.4. The highest BCUT2D eigenvalue weighted by Crippen LogP contribution is 2.32. The number of piperazine rings is 1. The minimum Gasteiger partial charge on any atom is -0.419 e. The van der Waals surface area contributed by atoms with Crippen LogP contribution in [-0.2, 0) is 12.7 Å². The molecule has 0 aliphatic carbocycles. The summed E-state index contributed by atoms with van der Waals surface area (Å²) >= 11 is 0. The number of nitrogens with zero attached hydrogens (tertiary/aromatic N) is 5. The highest BCUT2D eigenvalue weighted by molar-refractivity contribution is 5.55. The van der Waals surface area contributed by atoms with Gasteiger partial charge < -0.3 is 9.32 Å². The Labute approximate surface area is 175 Å². The Morgan fingerprint density at radius 2 is 1.74 bits per heavy atom. The van der Waals surface area contributed by atoms with Gasteiger partial charge >= 0.3 is 6.18 Å². The minimum atomic E-state index is -4.36. The lowest BCUT2D eigenvalue weighted by Crippen LogP contribution is -2.46. The second-order valence-corrected chi connectivity index (χ2v) is 7.12. The van der Waals surface area contributed by atoms with E-state index in [-0.39, 0.29) is 11.6 Å². The Hall–Kier alpha value is -3.47. The van der Waals surface area contributed by atoms with E-state index < -0.39 is 16.7 Å². The van der Waals surface area contributed by atoms with Crippen LogP contribution in [0.2, 0.25) is 0 Å². The number of alkyl halides is 3. The first kappa shape index (κ1) is 20.8. The Morgan fingerprint density at radius 3 is 2.39 bits per heavy atom. The lowest BCUT2D eigenvalue weighted by molar-refractivity contribution is -0.384. The number of non-ortho nitro benzene ring substituents is 1. The third-order valence-corrected chi connectivity index (χ3v) is 5.06. The summed E-state index contributed by atoms with van der Waals surface area (Å²) in [5.74, 6) is 0.674. The van der Waals surface area contributed by atoms with Crippen molar-refractivity contribution < 1.29 is 22.5 Å². The van der Waals surface area contributed by atoms with Crippen LogP contribution in [0.5, 0.6) is 0 Å². The number of nitro benzene ring substituents is 1. The smallest absolute Gasteiger partial charge is 0.416 e. The van der Waals surface area contributed by atoms with Crippen LogP contribution < -0.4 is 4.90 Å². The Kier molecular flexibility index (Phi) is 5.59. The van der Waals surface area contributed by atoms with Gasteiger partial charge in [-0.3, -0.25) is 15.0 Å². The van der Waals surface area contributed by atoms with Crippen LogP contribution in [0.15, 0.2) is 52.9 Å². The van der Waals surface area contributed by atoms with Gasteiger partial charge in [0.05, 0.1) is 17.0 Å². The quantitative estimate of drug-likeness (QED) is 0.444. The third kappa shape index (κ3) is 4.82. The predicted octanol–water partition coefficient (Wildman–Crippen LogP) is 3.99. The molecule has 0 atom stereocenters. The van der Waals surface area contributed by atoms with Gasteiger partial charge in [-0.1, -0.05) is 6.07 Å². The monoisotopic (exact) mass is 433 g/mol. The van der Waals surface area contributed by atoms with Crippen LogP contribution in [0, 0.1) is 10.1 Å². The van der Waals surface area contributed by atoms with Crippen LogP contribution in [-0.4, -0.2) is 46.2 Å². The molecule has 0 bridgehead atoms. The molecule has 8 nitrogen and oxygen atoms in total. The van der Waals surface area contributed by atoms with E-state index in [1.54, 1.807) is 18.2 Å². The molecule has 162 valence electrons. The molecule has 2 aromatic carbocycles. The fourth-order valence-electron chi connectivity index (χ4n) is 3.39. The number of nitro groups is 1. The van der Waals surface area contributed by atoms with E-state index in [1.165, 1.54) is 24.3 Å². The maximum absolute atomic E-state index is 12.9. The first-order valence-electron chi connectivity index (χ1n) is 9.51. The molecule has 4 rings (SSSR count). The number of benzene rings is 2. The van der Waals surface area contributed by atoms with Gasteiger partial charge in [0.1, 0.15) is 0 Å². The number of anilines is 1. The van der Waals surface area contributed by atoms with Gasteiger partial charge in [0.15, 0.2) is 0 Å². The van der Waals surface area contributed by atoms with E-state index in [0.29, 0.717) is 49.9 Å². The first-order chi connectivity index (χ1) is 14.8. The summed E-state index contributed by atoms with van der Waals surface area (Å²) in [4.78, 5) is 14.3. The number of rotatable bonds is 5. The molecule has 1 saturated heterocycles. The first-order valence-corrected chi connectivity index (χ1v) is 9.51. The lowest BCUT2D eigenvalue weighted by atomic mass is 10.1. The third-order valence-electron chi connectivity index (χ3n) is 5.06. The van der Waals surface area contributed by atoms with Crippen LogP contribution in [0.3, 0.4) is 0 Å². The highest BCUT2D eigenvalue weighted by Gasteiger charge is 2.31. The van der Waals surface area contributed by atoms with Crippen molar-refractivity contribution in [1.29, 1.82) is 0 Å². The number of hydrogen-bond donors (Lipinski definition) is 0. The second kappa shape index (κ2) is 8.34. The molecule has 1 aliphatic rings. The molecule has 0 N–H and O–H groups in total. The topological polar surface area (TPSA) is 88.5 Å². The standard InChI is InChI=1S/C20H18F3N5O3/c21-20(22,23)15-2-1-3-17(12-15)27-10-8-26(9-11-27)13-18-24-25-19(31-18)14-4-6-16(7-5-14)28(29)30/h1-7,12H,8-11,13H2. The van der Waals surface area contributed by atoms with Crippen molar-refractivity contribution in [3.63, 3.8) is 0 Å². The molecular formula is C20H18F3N5O3. The zero-order valence-electron chi connectivity index (χ0n) is 16.2. The molecule has 0 saturated carbocycles. The summed E-state index contributed by atoms with van der Waals surface area (Å²) in [7, 11) is 0. The second-order valence-electron chi connectivity index (χ2n) is 7.12. The number of hydrogen-bond acceptors (Lipinski definition) is 7. The van der Waals surface area contributed by atoms with E-state index in [9.17, 15) is 23.3 Å². The van der Waals surface area contributed by atoms with Gasteiger partial charge in [0, 0.05) is 49.6 Å². The maximum atomic E-state index is 12.9. The maximum Gasteiger partial charge on any atom is 0.416 e. The van der Waals surface area contributed by atoms with Crippen molar-refractivity contribution in [1.82, 2.24) is 15.1 Å². The average molecular weight is 433 g/mol. The number of halogens is 3. The van der Waals surface area contributed by atoms with Crippen molar-refractivity contribution in [3.05, 3.63) is 70.1 Å². The summed E-state index contributed by atoms with van der Waals surface area (Å²) in [6.07, 6.45) is -4.36. The zero-order chi connectivity index (χ0) is 22.0. The van der Waals surface area contributed by atoms with Gasteiger partial charge in [-0.2, -0.15) is 13.2 Å². The van der Waals surface area contributed by atoms with Crippen LogP contribution in [0.4, 0.5) is 24.5 Å². The van der Waals surface area contributed by atoms with Crippen molar-refractivity contribution >= 4 is 11.4 Å². The van der Waals surface area contributed by atoms with Crippen molar-refractivity contribution in [3.8, 4) is 11.5 Å². The molecule has 1 fully saturated rings. The molecule has 0 radical (unpaired) electrons. The van der Waals surface area contributed by atoms with Gasteiger partial charge in [-0.25, -0.2) is 0 Å². The van der Waals surface area contributed by atoms with E-state index >= 15 is 0 Å². The van der Waals surface area contributed by atoms with Crippen molar-refractivity contribution in [2.75, 3.05) is 31.1 Å². The average Bonchev–Trinajstić information content (AvgIpc) is 3.22. The molecule has 0 spiro atoms. The largest absolute Gasteiger partial charge is 0.419 e. The molecule has 11 heteroatoms. The Morgan fingerprint density at radius 1 is 1.03 bits per heavy atom. The SMILES string of the molecule is O=[N+]([O-])c1ccc(-c2nnc(CN3CCN(c4cccc(C(F)(F)F)c4)CC3)o2)cc1. The zero-order valence-corrected chi connectivity index (χ0v) is 16.2. The van der Waals surface area contributed by atoms with Crippen LogP contribution in [0.25, 0.3) is 11.5 Å². The number of aromatic nitrogens is 2. The summed E-state index contributed by atoms with van der Waals surface area (Å²) in [6, 6.07) is 11.2. The van der Waals surface area contributed by atoms with Gasteiger partial charge in [0.2, 0.25) is 11.8 Å². The van der Waals surface area contributed by atoms with Crippen LogP contribution in [0.1, 0.15) is 11.5 Å². The fourth-order valence-corrected chi connectivity index (χ4v) is 3.39. The summed E-state index contributed by atoms with van der Waals surface area (Å²) in [5.41, 5.74) is 0.450. The van der Waals surface area contributed by atoms with E-state index in [1.807, 2.05) is 4.90 Å². The summed E-state index contributed by atoms with van der Waals surface area (Å²) in [5, 5.41) is 18.8. The summed E-state index contributed by atoms with van der Waals surface area (Å²) in [6.45, 7) is 2.82. The van der Waals surface area contributed by atoms with E-state index in [0.717, 1.165) is 6.07 Å². The molecule has 1 aliphatic heterocycles. The molecule has 0 amide bonds. The Balaban J connectivity index is 1.35. The normalized spacial score (nSPS) is 15.3. The van der Waals surface area contributed by atoms with Gasteiger partial charge in [-0.15, -0.1) is 10.2 Å². The van der Waals surface area contributed by atoms with E-state index in [4.69, 9.17) is 4.42 Å². The van der Waals surface area contributed by atoms with Crippen molar-refractivity contribution in [2.24, 2.45) is 0 Å². The molecule has 2 heterocycles. The molecular weight excluding hydrogens is 415 g/mol. The fraction of sp³-hybridized carbons (Fsp3) is 0.300. The molecule has 1 aromatic heterocycles.